The zero-order valence-corrected chi connectivity index (χ0v) is 13.6. The fourth-order valence-corrected chi connectivity index (χ4v) is 2.86. The highest BCUT2D eigenvalue weighted by molar-refractivity contribution is 6.31. The van der Waals surface area contributed by atoms with E-state index in [0.717, 1.165) is 12.1 Å². The van der Waals surface area contributed by atoms with E-state index in [2.05, 4.69) is 0 Å². The predicted octanol–water partition coefficient (Wildman–Crippen LogP) is 3.62. The third kappa shape index (κ3) is 4.42. The van der Waals surface area contributed by atoms with E-state index in [1.807, 2.05) is 0 Å². The number of Topliss-reactive ketones (excluding diaryl/α,β-unsaturated/α-hetero) is 1. The molecule has 7 heteroatoms. The van der Waals surface area contributed by atoms with Crippen LogP contribution in [-0.4, -0.2) is 27.9 Å². The van der Waals surface area contributed by atoms with Crippen LogP contribution < -0.4 is 0 Å². The molecule has 130 valence electrons. The van der Waals surface area contributed by atoms with Crippen LogP contribution >= 0.6 is 11.6 Å². The molecule has 0 saturated carbocycles. The molecule has 0 heterocycles. The Balaban J connectivity index is 2.42. The zero-order valence-electron chi connectivity index (χ0n) is 12.9. The van der Waals surface area contributed by atoms with Crippen molar-refractivity contribution in [2.24, 2.45) is 5.92 Å². The van der Waals surface area contributed by atoms with Crippen LogP contribution in [0.3, 0.4) is 0 Å². The molecule has 2 aromatic carbocycles. The lowest BCUT2D eigenvalue weighted by Crippen LogP contribution is -2.31. The molecule has 0 aliphatic heterocycles. The summed E-state index contributed by atoms with van der Waals surface area (Å²) in [5.74, 6) is -7.16. The first kappa shape index (κ1) is 18.6. The molecule has 0 spiro atoms. The third-order valence-corrected chi connectivity index (χ3v) is 4.15. The van der Waals surface area contributed by atoms with E-state index in [9.17, 15) is 29.0 Å². The minimum atomic E-state index is -1.84. The average Bonchev–Trinajstić information content (AvgIpc) is 2.54. The van der Waals surface area contributed by atoms with E-state index in [0.29, 0.717) is 0 Å². The van der Waals surface area contributed by atoms with Gasteiger partial charge in [-0.05, 0) is 35.9 Å². The van der Waals surface area contributed by atoms with Gasteiger partial charge in [0.2, 0.25) is 0 Å². The molecular formula is C18H14ClFO5. The summed E-state index contributed by atoms with van der Waals surface area (Å²) in [6.45, 7) is 0. The summed E-state index contributed by atoms with van der Waals surface area (Å²) in [6, 6.07) is 10.9. The summed E-state index contributed by atoms with van der Waals surface area (Å²) in [4.78, 5) is 35.3. The lowest BCUT2D eigenvalue weighted by molar-refractivity contribution is -0.155. The number of rotatable bonds is 7. The van der Waals surface area contributed by atoms with Gasteiger partial charge in [-0.15, -0.1) is 0 Å². The second kappa shape index (κ2) is 7.90. The number of carboxylic acid groups (broad SMARTS) is 2. The first-order chi connectivity index (χ1) is 11.8. The van der Waals surface area contributed by atoms with Crippen molar-refractivity contribution >= 4 is 29.3 Å². The first-order valence-electron chi connectivity index (χ1n) is 7.30. The molecule has 0 saturated heterocycles. The van der Waals surface area contributed by atoms with Crippen molar-refractivity contribution in [3.8, 4) is 0 Å². The maximum absolute atomic E-state index is 13.0. The lowest BCUT2D eigenvalue weighted by atomic mass is 9.81. The standard InChI is InChI=1S/C18H14ClFO5/c19-14-4-2-1-3-12(14)13(16(17(22)23)18(24)25)9-15(21)10-5-7-11(20)8-6-10/h1-8,13,16H,9H2,(H,22,23)(H,24,25). The Morgan fingerprint density at radius 1 is 0.960 bits per heavy atom. The maximum atomic E-state index is 13.0. The Bertz CT molecular complexity index is 789. The summed E-state index contributed by atoms with van der Waals surface area (Å²) in [5, 5.41) is 18.8. The maximum Gasteiger partial charge on any atom is 0.318 e. The Kier molecular flexibility index (Phi) is 5.88. The molecule has 2 aromatic rings. The lowest BCUT2D eigenvalue weighted by Gasteiger charge is -2.22. The Labute approximate surface area is 147 Å². The van der Waals surface area contributed by atoms with Gasteiger partial charge in [-0.3, -0.25) is 14.4 Å². The van der Waals surface area contributed by atoms with Gasteiger partial charge in [0.15, 0.2) is 11.7 Å². The van der Waals surface area contributed by atoms with Crippen LogP contribution in [0, 0.1) is 11.7 Å². The SMILES string of the molecule is O=C(CC(c1ccccc1Cl)C(C(=O)O)C(=O)O)c1ccc(F)cc1. The molecule has 2 rings (SSSR count). The van der Waals surface area contributed by atoms with E-state index < -0.39 is 41.8 Å². The molecular weight excluding hydrogens is 351 g/mol. The number of hydrogen-bond donors (Lipinski definition) is 2. The van der Waals surface area contributed by atoms with Gasteiger partial charge in [0.25, 0.3) is 0 Å². The number of hydrogen-bond acceptors (Lipinski definition) is 3. The second-order valence-corrected chi connectivity index (χ2v) is 5.82. The van der Waals surface area contributed by atoms with Crippen LogP contribution in [-0.2, 0) is 9.59 Å². The quantitative estimate of drug-likeness (QED) is 0.578. The van der Waals surface area contributed by atoms with Crippen molar-refractivity contribution in [2.45, 2.75) is 12.3 Å². The molecule has 0 aliphatic carbocycles. The summed E-state index contributed by atoms with van der Waals surface area (Å²) >= 11 is 6.08. The summed E-state index contributed by atoms with van der Waals surface area (Å²) in [7, 11) is 0. The molecule has 1 unspecified atom stereocenters. The van der Waals surface area contributed by atoms with Crippen LogP contribution in [0.2, 0.25) is 5.02 Å². The smallest absolute Gasteiger partial charge is 0.318 e. The van der Waals surface area contributed by atoms with Gasteiger partial charge in [-0.2, -0.15) is 0 Å². The normalized spacial score (nSPS) is 12.0. The third-order valence-electron chi connectivity index (χ3n) is 3.81. The highest BCUT2D eigenvalue weighted by atomic mass is 35.5. The number of carbonyl (C=O) groups excluding carboxylic acids is 1. The number of carboxylic acids is 2. The topological polar surface area (TPSA) is 91.7 Å². The molecule has 0 fully saturated rings. The van der Waals surface area contributed by atoms with Crippen LogP contribution in [0.5, 0.6) is 0 Å². The van der Waals surface area contributed by atoms with Crippen molar-refractivity contribution in [3.05, 3.63) is 70.5 Å². The molecule has 0 bridgehead atoms. The van der Waals surface area contributed by atoms with E-state index >= 15 is 0 Å². The van der Waals surface area contributed by atoms with Gasteiger partial charge in [0, 0.05) is 22.9 Å². The van der Waals surface area contributed by atoms with Gasteiger partial charge in [-0.25, -0.2) is 4.39 Å². The molecule has 0 radical (unpaired) electrons. The molecule has 25 heavy (non-hydrogen) atoms. The Morgan fingerprint density at radius 2 is 1.52 bits per heavy atom. The molecule has 1 atom stereocenters. The monoisotopic (exact) mass is 364 g/mol. The van der Waals surface area contributed by atoms with Crippen molar-refractivity contribution in [3.63, 3.8) is 0 Å². The van der Waals surface area contributed by atoms with Crippen LogP contribution in [0.4, 0.5) is 4.39 Å². The highest BCUT2D eigenvalue weighted by Crippen LogP contribution is 2.34. The largest absolute Gasteiger partial charge is 0.481 e. The number of benzene rings is 2. The number of ketones is 1. The number of aliphatic carboxylic acids is 2. The fraction of sp³-hybridized carbons (Fsp3) is 0.167. The second-order valence-electron chi connectivity index (χ2n) is 5.42. The van der Waals surface area contributed by atoms with Crippen LogP contribution in [0.25, 0.3) is 0 Å². The fourth-order valence-electron chi connectivity index (χ4n) is 2.59. The van der Waals surface area contributed by atoms with Crippen molar-refractivity contribution < 1.29 is 29.0 Å². The summed E-state index contributed by atoms with van der Waals surface area (Å²) in [5.41, 5.74) is 0.419. The van der Waals surface area contributed by atoms with Gasteiger partial charge < -0.3 is 10.2 Å². The molecule has 5 nitrogen and oxygen atoms in total. The molecule has 0 amide bonds. The van der Waals surface area contributed by atoms with Gasteiger partial charge >= 0.3 is 11.9 Å². The Hall–Kier alpha value is -2.73. The Morgan fingerprint density at radius 3 is 2.04 bits per heavy atom. The van der Waals surface area contributed by atoms with Crippen molar-refractivity contribution in [2.75, 3.05) is 0 Å². The van der Waals surface area contributed by atoms with Gasteiger partial charge in [0.1, 0.15) is 5.82 Å². The minimum absolute atomic E-state index is 0.160. The summed E-state index contributed by atoms with van der Waals surface area (Å²) in [6.07, 6.45) is -0.390. The van der Waals surface area contributed by atoms with Crippen LogP contribution in [0.1, 0.15) is 28.3 Å². The zero-order chi connectivity index (χ0) is 18.6. The van der Waals surface area contributed by atoms with E-state index in [1.165, 1.54) is 24.3 Å². The van der Waals surface area contributed by atoms with Gasteiger partial charge in [-0.1, -0.05) is 29.8 Å². The first-order valence-corrected chi connectivity index (χ1v) is 7.68. The molecule has 0 aliphatic rings. The summed E-state index contributed by atoms with van der Waals surface area (Å²) < 4.78 is 13.0. The predicted molar refractivity (Wildman–Crippen MR) is 88.3 cm³/mol. The average molecular weight is 365 g/mol. The number of carbonyl (C=O) groups is 3. The van der Waals surface area contributed by atoms with E-state index in [1.54, 1.807) is 12.1 Å². The van der Waals surface area contributed by atoms with Crippen LogP contribution in [0.15, 0.2) is 48.5 Å². The highest BCUT2D eigenvalue weighted by Gasteiger charge is 2.38. The minimum Gasteiger partial charge on any atom is -0.481 e. The van der Waals surface area contributed by atoms with Gasteiger partial charge in [0.05, 0.1) is 0 Å². The van der Waals surface area contributed by atoms with Crippen molar-refractivity contribution in [1.82, 2.24) is 0 Å². The van der Waals surface area contributed by atoms with Crippen molar-refractivity contribution in [1.29, 1.82) is 0 Å². The number of halogens is 2. The molecule has 2 N–H and O–H groups in total. The molecule has 0 aromatic heterocycles. The van der Waals surface area contributed by atoms with E-state index in [-0.39, 0.29) is 16.1 Å². The van der Waals surface area contributed by atoms with E-state index in [4.69, 9.17) is 11.6 Å².